The minimum Gasteiger partial charge on any atom is -0.449 e. The zero-order chi connectivity index (χ0) is 17.6. The monoisotopic (exact) mass is 357 g/mol. The van der Waals surface area contributed by atoms with Crippen molar-refractivity contribution in [3.8, 4) is 0 Å². The maximum atomic E-state index is 12.7. The molecule has 1 amide bonds. The second-order valence-corrected chi connectivity index (χ2v) is 6.81. The van der Waals surface area contributed by atoms with Crippen molar-refractivity contribution in [3.05, 3.63) is 42.6 Å². The Hall–Kier alpha value is -2.05. The number of carbonyl (C=O) groups is 1. The van der Waals surface area contributed by atoms with Gasteiger partial charge in [0, 0.05) is 17.6 Å². The number of anilines is 2. The number of ether oxygens (including phenoxy) is 1. The molecule has 0 bridgehead atoms. The first-order valence-corrected chi connectivity index (χ1v) is 9.47. The number of hydrogen-bond donors (Lipinski definition) is 0. The highest BCUT2D eigenvalue weighted by atomic mass is 32.2. The smallest absolute Gasteiger partial charge is 0.420 e. The average molecular weight is 357 g/mol. The molecule has 0 atom stereocenters. The van der Waals surface area contributed by atoms with E-state index in [0.717, 1.165) is 41.5 Å². The highest BCUT2D eigenvalue weighted by molar-refractivity contribution is 7.99. The van der Waals surface area contributed by atoms with Crippen molar-refractivity contribution < 1.29 is 9.53 Å². The summed E-state index contributed by atoms with van der Waals surface area (Å²) in [6, 6.07) is 11.7. The van der Waals surface area contributed by atoms with Crippen LogP contribution in [0.25, 0.3) is 0 Å². The van der Waals surface area contributed by atoms with E-state index in [-0.39, 0.29) is 6.09 Å². The second kappa shape index (κ2) is 8.36. The molecule has 0 aliphatic carbocycles. The lowest BCUT2D eigenvalue weighted by atomic mass is 10.2. The average Bonchev–Trinajstić information content (AvgIpc) is 2.66. The van der Waals surface area contributed by atoms with Gasteiger partial charge in [-0.3, -0.25) is 0 Å². The summed E-state index contributed by atoms with van der Waals surface area (Å²) in [5.41, 5.74) is 0.826. The Morgan fingerprint density at radius 1 is 1.16 bits per heavy atom. The predicted molar refractivity (Wildman–Crippen MR) is 101 cm³/mol. The summed E-state index contributed by atoms with van der Waals surface area (Å²) in [5, 5.41) is 0. The first kappa shape index (κ1) is 17.8. The first-order chi connectivity index (χ1) is 12.2. The minimum atomic E-state index is -0.368. The van der Waals surface area contributed by atoms with E-state index in [1.165, 1.54) is 0 Å². The molecule has 0 saturated heterocycles. The molecule has 25 heavy (non-hydrogen) atoms. The number of amides is 1. The number of pyridine rings is 1. The minimum absolute atomic E-state index is 0.368. The summed E-state index contributed by atoms with van der Waals surface area (Å²) in [4.78, 5) is 23.0. The van der Waals surface area contributed by atoms with Gasteiger partial charge in [-0.05, 0) is 43.8 Å². The van der Waals surface area contributed by atoms with Crippen LogP contribution in [-0.2, 0) is 4.74 Å². The van der Waals surface area contributed by atoms with Crippen molar-refractivity contribution in [3.63, 3.8) is 0 Å². The number of nitrogens with zero attached hydrogens (tertiary/aromatic N) is 3. The summed E-state index contributed by atoms with van der Waals surface area (Å²) in [5.74, 6) is 0.639. The van der Waals surface area contributed by atoms with E-state index in [9.17, 15) is 4.79 Å². The van der Waals surface area contributed by atoms with E-state index >= 15 is 0 Å². The summed E-state index contributed by atoms with van der Waals surface area (Å²) in [6.07, 6.45) is 2.16. The summed E-state index contributed by atoms with van der Waals surface area (Å²) >= 11 is 1.62. The van der Waals surface area contributed by atoms with E-state index in [4.69, 9.17) is 4.74 Å². The summed E-state index contributed by atoms with van der Waals surface area (Å²) < 4.78 is 5.55. The van der Waals surface area contributed by atoms with Crippen LogP contribution in [-0.4, -0.2) is 42.2 Å². The molecule has 5 nitrogen and oxygen atoms in total. The van der Waals surface area contributed by atoms with Gasteiger partial charge in [-0.15, -0.1) is 0 Å². The van der Waals surface area contributed by atoms with Crippen LogP contribution in [0.4, 0.5) is 16.3 Å². The Balaban J connectivity index is 1.72. The number of fused-ring (bicyclic) bond motifs is 2. The Kier molecular flexibility index (Phi) is 5.94. The molecular weight excluding hydrogens is 334 g/mol. The lowest BCUT2D eigenvalue weighted by Gasteiger charge is -2.29. The molecule has 1 aromatic carbocycles. The lowest BCUT2D eigenvalue weighted by molar-refractivity contribution is 0.148. The molecule has 6 heteroatoms. The van der Waals surface area contributed by atoms with Crippen molar-refractivity contribution in [1.82, 2.24) is 9.88 Å². The van der Waals surface area contributed by atoms with Crippen molar-refractivity contribution in [2.75, 3.05) is 31.1 Å². The zero-order valence-electron chi connectivity index (χ0n) is 14.6. The summed E-state index contributed by atoms with van der Waals surface area (Å²) in [7, 11) is 0. The maximum Gasteiger partial charge on any atom is 0.420 e. The van der Waals surface area contributed by atoms with Gasteiger partial charge in [-0.2, -0.15) is 0 Å². The fourth-order valence-corrected chi connectivity index (χ4v) is 3.86. The number of carbonyl (C=O) groups excluding carboxylic acids is 1. The van der Waals surface area contributed by atoms with Gasteiger partial charge in [-0.25, -0.2) is 14.7 Å². The van der Waals surface area contributed by atoms with Crippen LogP contribution in [0.15, 0.2) is 52.4 Å². The van der Waals surface area contributed by atoms with Gasteiger partial charge in [0.05, 0.1) is 17.2 Å². The fraction of sp³-hybridized carbons (Fsp3) is 0.368. The third-order valence-corrected chi connectivity index (χ3v) is 5.31. The summed E-state index contributed by atoms with van der Waals surface area (Å²) in [6.45, 7) is 7.64. The highest BCUT2D eigenvalue weighted by Crippen LogP contribution is 2.46. The van der Waals surface area contributed by atoms with Gasteiger partial charge in [0.1, 0.15) is 0 Å². The molecule has 1 aromatic heterocycles. The quantitative estimate of drug-likeness (QED) is 0.710. The van der Waals surface area contributed by atoms with E-state index in [1.807, 2.05) is 36.4 Å². The van der Waals surface area contributed by atoms with Crippen molar-refractivity contribution in [2.24, 2.45) is 0 Å². The van der Waals surface area contributed by atoms with Crippen molar-refractivity contribution >= 4 is 29.4 Å². The normalized spacial score (nSPS) is 12.7. The first-order valence-electron chi connectivity index (χ1n) is 8.65. The Labute approximate surface area is 153 Å². The van der Waals surface area contributed by atoms with Crippen molar-refractivity contribution in [2.45, 2.75) is 30.1 Å². The zero-order valence-corrected chi connectivity index (χ0v) is 15.5. The van der Waals surface area contributed by atoms with Crippen molar-refractivity contribution in [1.29, 1.82) is 0 Å². The van der Waals surface area contributed by atoms with E-state index in [2.05, 4.69) is 23.7 Å². The number of hydrogen-bond acceptors (Lipinski definition) is 5. The third-order valence-electron chi connectivity index (χ3n) is 4.21. The Morgan fingerprint density at radius 3 is 2.72 bits per heavy atom. The van der Waals surface area contributed by atoms with Gasteiger partial charge in [-0.1, -0.05) is 37.7 Å². The van der Waals surface area contributed by atoms with Crippen LogP contribution in [0.2, 0.25) is 0 Å². The van der Waals surface area contributed by atoms with Crippen LogP contribution < -0.4 is 4.90 Å². The number of aromatic nitrogens is 1. The molecular formula is C19H23N3O2S. The largest absolute Gasteiger partial charge is 0.449 e. The van der Waals surface area contributed by atoms with Gasteiger partial charge in [0.25, 0.3) is 0 Å². The highest BCUT2D eigenvalue weighted by Gasteiger charge is 2.30. The Bertz CT molecular complexity index is 689. The fourth-order valence-electron chi connectivity index (χ4n) is 2.83. The Morgan fingerprint density at radius 2 is 1.92 bits per heavy atom. The predicted octanol–water partition coefficient (Wildman–Crippen LogP) is 4.55. The molecule has 0 radical (unpaired) electrons. The maximum absolute atomic E-state index is 12.7. The van der Waals surface area contributed by atoms with Crippen LogP contribution in [0, 0.1) is 0 Å². The molecule has 0 N–H and O–H groups in total. The molecule has 0 saturated carbocycles. The second-order valence-electron chi connectivity index (χ2n) is 5.73. The van der Waals surface area contributed by atoms with Crippen LogP contribution in [0.1, 0.15) is 20.3 Å². The molecule has 1 aliphatic rings. The number of para-hydroxylation sites is 1. The molecule has 2 heterocycles. The number of rotatable bonds is 6. The lowest BCUT2D eigenvalue weighted by Crippen LogP contribution is -2.31. The van der Waals surface area contributed by atoms with Gasteiger partial charge in [0.2, 0.25) is 0 Å². The van der Waals surface area contributed by atoms with E-state index < -0.39 is 0 Å². The number of benzene rings is 1. The molecule has 0 unspecified atom stereocenters. The molecule has 2 aromatic rings. The van der Waals surface area contributed by atoms with Gasteiger partial charge >= 0.3 is 6.09 Å². The topological polar surface area (TPSA) is 45.7 Å². The van der Waals surface area contributed by atoms with Gasteiger partial charge in [0.15, 0.2) is 5.82 Å². The third kappa shape index (κ3) is 3.96. The van der Waals surface area contributed by atoms with E-state index in [0.29, 0.717) is 12.4 Å². The molecule has 132 valence electrons. The van der Waals surface area contributed by atoms with Gasteiger partial charge < -0.3 is 9.64 Å². The van der Waals surface area contributed by atoms with E-state index in [1.54, 1.807) is 22.9 Å². The van der Waals surface area contributed by atoms with Crippen LogP contribution in [0.5, 0.6) is 0 Å². The standard InChI is InChI=1S/C19H23N3O2S/c1-3-21(4-2)13-8-14-24-19(23)22-15-9-5-6-10-16(15)25-17-11-7-12-20-18(17)22/h5-7,9-12H,3-4,8,13-14H2,1-2H3. The SMILES string of the molecule is CCN(CC)CCCOC(=O)N1c2ccccc2Sc2cccnc21. The molecule has 3 rings (SSSR count). The molecule has 1 aliphatic heterocycles. The van der Waals surface area contributed by atoms with Crippen LogP contribution >= 0.6 is 11.8 Å². The van der Waals surface area contributed by atoms with Crippen LogP contribution in [0.3, 0.4) is 0 Å². The molecule has 0 fully saturated rings. The molecule has 0 spiro atoms.